The number of Topliss-reactive ketones (excluding diaryl/α,β-unsaturated/α-hetero) is 3. The molecule has 0 saturated heterocycles. The Kier molecular flexibility index (Phi) is 6.12. The normalized spacial score (nSPS) is 21.2. The fourth-order valence-electron chi connectivity index (χ4n) is 2.67. The van der Waals surface area contributed by atoms with E-state index in [1.807, 2.05) is 0 Å². The second kappa shape index (κ2) is 8.29. The molecule has 0 aliphatic heterocycles. The molecule has 0 amide bonds. The van der Waals surface area contributed by atoms with Crippen molar-refractivity contribution >= 4 is 29.5 Å². The fourth-order valence-corrected chi connectivity index (χ4v) is 2.67. The van der Waals surface area contributed by atoms with Gasteiger partial charge in [0.25, 0.3) is 0 Å². The van der Waals surface area contributed by atoms with Crippen molar-refractivity contribution in [3.8, 4) is 0 Å². The highest BCUT2D eigenvalue weighted by Gasteiger charge is 2.39. The van der Waals surface area contributed by atoms with E-state index in [2.05, 4.69) is 4.99 Å². The van der Waals surface area contributed by atoms with Gasteiger partial charge in [-0.1, -0.05) is 30.3 Å². The lowest BCUT2D eigenvalue weighted by molar-refractivity contribution is -0.305. The average molecular weight is 328 g/mol. The van der Waals surface area contributed by atoms with Crippen LogP contribution in [0.2, 0.25) is 0 Å². The highest BCUT2D eigenvalue weighted by Crippen LogP contribution is 2.25. The minimum atomic E-state index is -1.16. The summed E-state index contributed by atoms with van der Waals surface area (Å²) in [5.74, 6) is -3.96. The molecule has 0 N–H and O–H groups in total. The molecule has 2 rings (SSSR count). The Bertz CT molecular complexity index is 665. The zero-order valence-electron chi connectivity index (χ0n) is 13.1. The lowest BCUT2D eigenvalue weighted by Gasteiger charge is -2.23. The Morgan fingerprint density at radius 2 is 1.92 bits per heavy atom. The van der Waals surface area contributed by atoms with Crippen LogP contribution in [0.4, 0.5) is 0 Å². The first-order chi connectivity index (χ1) is 11.5. The van der Waals surface area contributed by atoms with Gasteiger partial charge in [0, 0.05) is 30.7 Å². The number of carboxylic acids is 1. The summed E-state index contributed by atoms with van der Waals surface area (Å²) in [6, 6.07) is 8.53. The molecular weight excluding hydrogens is 310 g/mol. The molecule has 6 nitrogen and oxygen atoms in total. The predicted molar refractivity (Wildman–Crippen MR) is 84.6 cm³/mol. The maximum atomic E-state index is 12.5. The van der Waals surface area contributed by atoms with Crippen LogP contribution in [-0.2, 0) is 14.4 Å². The number of aliphatic imine (C=N–C) groups is 1. The fraction of sp³-hybridized carbons (Fsp3) is 0.389. The van der Waals surface area contributed by atoms with Crippen LogP contribution in [0.5, 0.6) is 0 Å². The first-order valence-corrected chi connectivity index (χ1v) is 7.86. The maximum Gasteiger partial charge on any atom is 0.173 e. The van der Waals surface area contributed by atoms with E-state index in [0.717, 1.165) is 0 Å². The van der Waals surface area contributed by atoms with E-state index in [9.17, 15) is 24.3 Å². The predicted octanol–water partition coefficient (Wildman–Crippen LogP) is 0.635. The monoisotopic (exact) mass is 328 g/mol. The van der Waals surface area contributed by atoms with E-state index in [4.69, 9.17) is 0 Å². The van der Waals surface area contributed by atoms with Gasteiger partial charge in [0.05, 0.1) is 5.92 Å². The first kappa shape index (κ1) is 17.7. The standard InChI is InChI=1S/C18H19NO5/c20-15-9-8-13(17(23)12-5-2-1-3-6-12)18(24)14(15)11-19-10-4-7-16(21)22/h1-3,5-6,11,13-14H,4,7-10H2,(H,21,22)/p-1/t13-,14-/m1/s1. The van der Waals surface area contributed by atoms with E-state index in [-0.39, 0.29) is 43.8 Å². The number of ketones is 3. The van der Waals surface area contributed by atoms with Crippen LogP contribution in [0, 0.1) is 11.8 Å². The van der Waals surface area contributed by atoms with Crippen molar-refractivity contribution in [2.75, 3.05) is 6.54 Å². The lowest BCUT2D eigenvalue weighted by Crippen LogP contribution is -2.40. The summed E-state index contributed by atoms with van der Waals surface area (Å²) in [6.07, 6.45) is 1.79. The quantitative estimate of drug-likeness (QED) is 0.316. The highest BCUT2D eigenvalue weighted by molar-refractivity contribution is 6.23. The van der Waals surface area contributed by atoms with E-state index in [0.29, 0.717) is 5.56 Å². The van der Waals surface area contributed by atoms with Gasteiger partial charge in [-0.25, -0.2) is 0 Å². The number of aliphatic carboxylic acids is 1. The summed E-state index contributed by atoms with van der Waals surface area (Å²) in [4.78, 5) is 51.2. The molecule has 1 saturated carbocycles. The zero-order chi connectivity index (χ0) is 17.5. The van der Waals surface area contributed by atoms with E-state index in [1.54, 1.807) is 30.3 Å². The molecule has 0 heterocycles. The number of carbonyl (C=O) groups is 4. The third-order valence-corrected chi connectivity index (χ3v) is 3.97. The van der Waals surface area contributed by atoms with Gasteiger partial charge in [0.2, 0.25) is 0 Å². The van der Waals surface area contributed by atoms with Crippen molar-refractivity contribution in [2.45, 2.75) is 25.7 Å². The Morgan fingerprint density at radius 1 is 1.21 bits per heavy atom. The second-order valence-electron chi connectivity index (χ2n) is 5.70. The molecule has 1 aliphatic carbocycles. The summed E-state index contributed by atoms with van der Waals surface area (Å²) in [5.41, 5.74) is 0.454. The Morgan fingerprint density at radius 3 is 2.58 bits per heavy atom. The molecule has 1 aliphatic rings. The number of benzene rings is 1. The average Bonchev–Trinajstić information content (AvgIpc) is 2.57. The third kappa shape index (κ3) is 4.44. The minimum Gasteiger partial charge on any atom is -0.550 e. The molecule has 126 valence electrons. The van der Waals surface area contributed by atoms with Crippen LogP contribution < -0.4 is 5.11 Å². The Hall–Kier alpha value is -2.63. The molecule has 1 aromatic carbocycles. The van der Waals surface area contributed by atoms with Crippen molar-refractivity contribution in [1.29, 1.82) is 0 Å². The van der Waals surface area contributed by atoms with Gasteiger partial charge in [-0.15, -0.1) is 0 Å². The molecular formula is C18H18NO5-. The molecule has 1 fully saturated rings. The van der Waals surface area contributed by atoms with E-state index < -0.39 is 23.6 Å². The molecule has 6 heteroatoms. The second-order valence-corrected chi connectivity index (χ2v) is 5.70. The minimum absolute atomic E-state index is 0.126. The van der Waals surface area contributed by atoms with Gasteiger partial charge in [-0.05, 0) is 19.3 Å². The van der Waals surface area contributed by atoms with E-state index in [1.165, 1.54) is 6.21 Å². The first-order valence-electron chi connectivity index (χ1n) is 7.86. The van der Waals surface area contributed by atoms with Crippen LogP contribution in [0.3, 0.4) is 0 Å². The van der Waals surface area contributed by atoms with Gasteiger partial charge in [0.15, 0.2) is 11.6 Å². The Balaban J connectivity index is 2.03. The smallest absolute Gasteiger partial charge is 0.173 e. The molecule has 24 heavy (non-hydrogen) atoms. The number of hydrogen-bond acceptors (Lipinski definition) is 6. The van der Waals surface area contributed by atoms with E-state index >= 15 is 0 Å². The van der Waals surface area contributed by atoms with Crippen LogP contribution >= 0.6 is 0 Å². The Labute approximate surface area is 139 Å². The summed E-state index contributed by atoms with van der Waals surface area (Å²) < 4.78 is 0. The van der Waals surface area contributed by atoms with Gasteiger partial charge in [-0.3, -0.25) is 19.4 Å². The molecule has 2 atom stereocenters. The molecule has 0 unspecified atom stereocenters. The number of nitrogens with zero attached hydrogens (tertiary/aromatic N) is 1. The zero-order valence-corrected chi connectivity index (χ0v) is 13.1. The lowest BCUT2D eigenvalue weighted by atomic mass is 9.76. The topological polar surface area (TPSA) is 104 Å². The summed E-state index contributed by atoms with van der Waals surface area (Å²) in [7, 11) is 0. The van der Waals surface area contributed by atoms with Gasteiger partial charge < -0.3 is 9.90 Å². The molecule has 0 bridgehead atoms. The third-order valence-electron chi connectivity index (χ3n) is 3.97. The van der Waals surface area contributed by atoms with Gasteiger partial charge in [0.1, 0.15) is 11.7 Å². The van der Waals surface area contributed by atoms with Crippen LogP contribution in [0.15, 0.2) is 35.3 Å². The molecule has 1 aromatic rings. The summed E-state index contributed by atoms with van der Waals surface area (Å²) >= 11 is 0. The maximum absolute atomic E-state index is 12.5. The molecule has 0 aromatic heterocycles. The van der Waals surface area contributed by atoms with Crippen molar-refractivity contribution in [2.24, 2.45) is 16.8 Å². The highest BCUT2D eigenvalue weighted by atomic mass is 16.4. The SMILES string of the molecule is O=C([O-])CCCN=C[C@@H]1C(=O)CC[C@H](C(=O)c2ccccc2)C1=O. The van der Waals surface area contributed by atoms with Crippen molar-refractivity contribution < 1.29 is 24.3 Å². The van der Waals surface area contributed by atoms with Crippen LogP contribution in [-0.4, -0.2) is 36.1 Å². The number of rotatable bonds is 7. The number of carbonyl (C=O) groups excluding carboxylic acids is 4. The number of hydrogen-bond donors (Lipinski definition) is 0. The van der Waals surface area contributed by atoms with Crippen LogP contribution in [0.1, 0.15) is 36.0 Å². The number of carboxylic acid groups (broad SMARTS) is 1. The largest absolute Gasteiger partial charge is 0.550 e. The van der Waals surface area contributed by atoms with Crippen LogP contribution in [0.25, 0.3) is 0 Å². The van der Waals surface area contributed by atoms with Crippen molar-refractivity contribution in [3.63, 3.8) is 0 Å². The van der Waals surface area contributed by atoms with Gasteiger partial charge in [-0.2, -0.15) is 0 Å². The van der Waals surface area contributed by atoms with Gasteiger partial charge >= 0.3 is 0 Å². The summed E-state index contributed by atoms with van der Waals surface area (Å²) in [6.45, 7) is 0.197. The van der Waals surface area contributed by atoms with Crippen molar-refractivity contribution in [1.82, 2.24) is 0 Å². The summed E-state index contributed by atoms with van der Waals surface area (Å²) in [5, 5.41) is 10.3. The van der Waals surface area contributed by atoms with Crippen molar-refractivity contribution in [3.05, 3.63) is 35.9 Å². The molecule has 0 spiro atoms. The molecule has 0 radical (unpaired) electrons.